The lowest BCUT2D eigenvalue weighted by atomic mass is 10.1. The van der Waals surface area contributed by atoms with E-state index in [-0.39, 0.29) is 17.5 Å². The molecule has 1 aromatic carbocycles. The van der Waals surface area contributed by atoms with Gasteiger partial charge in [0.05, 0.1) is 11.8 Å². The minimum atomic E-state index is -0.353. The molecule has 0 bridgehead atoms. The van der Waals surface area contributed by atoms with Crippen LogP contribution < -0.4 is 11.1 Å². The summed E-state index contributed by atoms with van der Waals surface area (Å²) in [4.78, 5) is 0. The highest BCUT2D eigenvalue weighted by atomic mass is 19.1. The third-order valence-electron chi connectivity index (χ3n) is 3.20. The van der Waals surface area contributed by atoms with Crippen molar-refractivity contribution >= 4 is 5.69 Å². The molecule has 1 heterocycles. The van der Waals surface area contributed by atoms with Crippen LogP contribution in [0.15, 0.2) is 18.2 Å². The first kappa shape index (κ1) is 12.3. The number of hydrogen-bond acceptors (Lipinski definition) is 3. The zero-order chi connectivity index (χ0) is 12.3. The lowest BCUT2D eigenvalue weighted by Gasteiger charge is -2.17. The molecule has 17 heavy (non-hydrogen) atoms. The molecule has 1 aromatic rings. The summed E-state index contributed by atoms with van der Waals surface area (Å²) in [5.74, 6) is -0.353. The topological polar surface area (TPSA) is 47.3 Å². The SMILES string of the molecule is C[C@@H](NC[C@@H]1CCCO1)c1ccc(N)c(F)c1. The van der Waals surface area contributed by atoms with Gasteiger partial charge in [-0.3, -0.25) is 0 Å². The molecular weight excluding hydrogens is 219 g/mol. The van der Waals surface area contributed by atoms with E-state index in [1.807, 2.05) is 13.0 Å². The zero-order valence-corrected chi connectivity index (χ0v) is 10.1. The maximum atomic E-state index is 13.3. The first-order valence-electron chi connectivity index (χ1n) is 6.06. The van der Waals surface area contributed by atoms with Crippen molar-refractivity contribution in [3.05, 3.63) is 29.6 Å². The predicted molar refractivity (Wildman–Crippen MR) is 66.2 cm³/mol. The van der Waals surface area contributed by atoms with Crippen molar-refractivity contribution in [2.75, 3.05) is 18.9 Å². The number of nitrogens with one attached hydrogen (secondary N) is 1. The number of benzene rings is 1. The summed E-state index contributed by atoms with van der Waals surface area (Å²) in [6.07, 6.45) is 2.55. The molecule has 94 valence electrons. The second kappa shape index (κ2) is 5.47. The van der Waals surface area contributed by atoms with Crippen LogP contribution in [-0.2, 0) is 4.74 Å². The highest BCUT2D eigenvalue weighted by molar-refractivity contribution is 5.41. The predicted octanol–water partition coefficient (Wildman–Crippen LogP) is 2.24. The molecule has 0 spiro atoms. The number of nitrogens with two attached hydrogens (primary N) is 1. The van der Waals surface area contributed by atoms with Crippen molar-refractivity contribution in [1.82, 2.24) is 5.32 Å². The molecule has 1 aliphatic rings. The molecule has 0 saturated carbocycles. The number of halogens is 1. The molecule has 1 saturated heterocycles. The third-order valence-corrected chi connectivity index (χ3v) is 3.20. The summed E-state index contributed by atoms with van der Waals surface area (Å²) in [6.45, 7) is 3.68. The minimum Gasteiger partial charge on any atom is -0.396 e. The standard InChI is InChI=1S/C13H19FN2O/c1-9(16-8-11-3-2-6-17-11)10-4-5-13(15)12(14)7-10/h4-5,7,9,11,16H,2-3,6,8,15H2,1H3/t9-,11+/m1/s1. The van der Waals surface area contributed by atoms with Crippen molar-refractivity contribution in [3.8, 4) is 0 Å². The van der Waals surface area contributed by atoms with Gasteiger partial charge in [-0.2, -0.15) is 0 Å². The lowest BCUT2D eigenvalue weighted by Crippen LogP contribution is -2.28. The van der Waals surface area contributed by atoms with Gasteiger partial charge in [-0.1, -0.05) is 6.07 Å². The first-order chi connectivity index (χ1) is 8.16. The fourth-order valence-electron chi connectivity index (χ4n) is 2.04. The van der Waals surface area contributed by atoms with E-state index in [0.29, 0.717) is 6.10 Å². The van der Waals surface area contributed by atoms with Crippen LogP contribution in [-0.4, -0.2) is 19.3 Å². The van der Waals surface area contributed by atoms with Gasteiger partial charge in [-0.25, -0.2) is 4.39 Å². The van der Waals surface area contributed by atoms with Crippen LogP contribution in [0.5, 0.6) is 0 Å². The Bertz CT molecular complexity index is 378. The maximum Gasteiger partial charge on any atom is 0.146 e. The van der Waals surface area contributed by atoms with Gasteiger partial charge in [0.1, 0.15) is 5.82 Å². The Morgan fingerprint density at radius 1 is 1.59 bits per heavy atom. The van der Waals surface area contributed by atoms with E-state index < -0.39 is 0 Å². The van der Waals surface area contributed by atoms with Crippen LogP contribution in [0.3, 0.4) is 0 Å². The fraction of sp³-hybridized carbons (Fsp3) is 0.538. The van der Waals surface area contributed by atoms with Gasteiger partial charge in [0.2, 0.25) is 0 Å². The molecular formula is C13H19FN2O. The van der Waals surface area contributed by atoms with Crippen LogP contribution in [0.25, 0.3) is 0 Å². The molecule has 3 N–H and O–H groups in total. The first-order valence-corrected chi connectivity index (χ1v) is 6.06. The summed E-state index contributed by atoms with van der Waals surface area (Å²) in [5, 5.41) is 3.36. The van der Waals surface area contributed by atoms with Gasteiger partial charge in [-0.05, 0) is 37.5 Å². The summed E-state index contributed by atoms with van der Waals surface area (Å²) in [6, 6.07) is 5.05. The smallest absolute Gasteiger partial charge is 0.146 e. The van der Waals surface area contributed by atoms with Gasteiger partial charge in [0, 0.05) is 19.2 Å². The Labute approximate surface area is 101 Å². The highest BCUT2D eigenvalue weighted by Gasteiger charge is 2.16. The number of rotatable bonds is 4. The van der Waals surface area contributed by atoms with Gasteiger partial charge in [0.15, 0.2) is 0 Å². The van der Waals surface area contributed by atoms with Crippen LogP contribution in [0.1, 0.15) is 31.4 Å². The van der Waals surface area contributed by atoms with Crippen LogP contribution in [0.4, 0.5) is 10.1 Å². The van der Waals surface area contributed by atoms with Crippen molar-refractivity contribution in [1.29, 1.82) is 0 Å². The summed E-state index contributed by atoms with van der Waals surface area (Å²) < 4.78 is 18.8. The molecule has 1 fully saturated rings. The normalized spacial score (nSPS) is 21.6. The van der Waals surface area contributed by atoms with E-state index in [1.165, 1.54) is 6.07 Å². The van der Waals surface area contributed by atoms with Crippen molar-refractivity contribution in [2.24, 2.45) is 0 Å². The van der Waals surface area contributed by atoms with Crippen molar-refractivity contribution in [3.63, 3.8) is 0 Å². The van der Waals surface area contributed by atoms with E-state index >= 15 is 0 Å². The summed E-state index contributed by atoms with van der Waals surface area (Å²) in [5.41, 5.74) is 6.55. The second-order valence-corrected chi connectivity index (χ2v) is 4.55. The fourth-order valence-corrected chi connectivity index (χ4v) is 2.04. The van der Waals surface area contributed by atoms with Gasteiger partial charge >= 0.3 is 0 Å². The average Bonchev–Trinajstić information content (AvgIpc) is 2.82. The molecule has 0 unspecified atom stereocenters. The Morgan fingerprint density at radius 3 is 3.06 bits per heavy atom. The number of nitrogen functional groups attached to an aromatic ring is 1. The molecule has 0 amide bonds. The van der Waals surface area contributed by atoms with E-state index in [1.54, 1.807) is 6.07 Å². The molecule has 4 heteroatoms. The maximum absolute atomic E-state index is 13.3. The van der Waals surface area contributed by atoms with E-state index in [0.717, 1.165) is 31.6 Å². The molecule has 2 rings (SSSR count). The van der Waals surface area contributed by atoms with Crippen LogP contribution >= 0.6 is 0 Å². The largest absolute Gasteiger partial charge is 0.396 e. The summed E-state index contributed by atoms with van der Waals surface area (Å²) >= 11 is 0. The summed E-state index contributed by atoms with van der Waals surface area (Å²) in [7, 11) is 0. The molecule has 0 aliphatic carbocycles. The number of anilines is 1. The van der Waals surface area contributed by atoms with Gasteiger partial charge in [0.25, 0.3) is 0 Å². The van der Waals surface area contributed by atoms with Crippen molar-refractivity contribution < 1.29 is 9.13 Å². The number of hydrogen-bond donors (Lipinski definition) is 2. The number of ether oxygens (including phenoxy) is 1. The van der Waals surface area contributed by atoms with Gasteiger partial charge < -0.3 is 15.8 Å². The monoisotopic (exact) mass is 238 g/mol. The highest BCUT2D eigenvalue weighted by Crippen LogP contribution is 2.19. The van der Waals surface area contributed by atoms with Crippen LogP contribution in [0.2, 0.25) is 0 Å². The Kier molecular flexibility index (Phi) is 3.97. The van der Waals surface area contributed by atoms with Crippen LogP contribution in [0, 0.1) is 5.82 Å². The Hall–Kier alpha value is -1.13. The third kappa shape index (κ3) is 3.17. The molecule has 1 aliphatic heterocycles. The van der Waals surface area contributed by atoms with E-state index in [4.69, 9.17) is 10.5 Å². The molecule has 0 radical (unpaired) electrons. The van der Waals surface area contributed by atoms with E-state index in [9.17, 15) is 4.39 Å². The molecule has 0 aromatic heterocycles. The quantitative estimate of drug-likeness (QED) is 0.791. The molecule has 3 nitrogen and oxygen atoms in total. The lowest BCUT2D eigenvalue weighted by molar-refractivity contribution is 0.108. The van der Waals surface area contributed by atoms with Crippen molar-refractivity contribution in [2.45, 2.75) is 31.9 Å². The Morgan fingerprint density at radius 2 is 2.41 bits per heavy atom. The van der Waals surface area contributed by atoms with Gasteiger partial charge in [-0.15, -0.1) is 0 Å². The average molecular weight is 238 g/mol. The molecule has 2 atom stereocenters. The Balaban J connectivity index is 1.89. The van der Waals surface area contributed by atoms with E-state index in [2.05, 4.69) is 5.32 Å². The zero-order valence-electron chi connectivity index (χ0n) is 10.1. The second-order valence-electron chi connectivity index (χ2n) is 4.55. The minimum absolute atomic E-state index is 0.106.